The third kappa shape index (κ3) is 5.60. The molecule has 10 heteroatoms. The number of imidazole rings is 1. The zero-order valence-electron chi connectivity index (χ0n) is 19.8. The number of anilines is 1. The number of carboxylic acid groups (broad SMARTS) is 1. The van der Waals surface area contributed by atoms with Gasteiger partial charge < -0.3 is 30.9 Å². The standard InChI is InChI=1S/C25H31N7O3/c1-31-21-9-6-17(19(13-28-15-23(33)34)25(35)32-10-2-3-11-32)12-20(21)30-22(31)14-29-18-7-4-16(5-8-18)24(26)27/h4-9,12,19,28-29H,2-3,10-11,13-15H2,1H3,(H3,26,27)(H,33,34). The monoisotopic (exact) mass is 477 g/mol. The van der Waals surface area contributed by atoms with Gasteiger partial charge in [-0.3, -0.25) is 15.0 Å². The van der Waals surface area contributed by atoms with Gasteiger partial charge in [-0.05, 0) is 54.8 Å². The molecule has 10 nitrogen and oxygen atoms in total. The Hall–Kier alpha value is -3.92. The number of rotatable bonds is 10. The number of hydrogen-bond donors (Lipinski definition) is 5. The Morgan fingerprint density at radius 2 is 1.89 bits per heavy atom. The van der Waals surface area contributed by atoms with Gasteiger partial charge in [-0.1, -0.05) is 6.07 Å². The molecule has 6 N–H and O–H groups in total. The maximum Gasteiger partial charge on any atom is 0.317 e. The van der Waals surface area contributed by atoms with Crippen LogP contribution in [0.3, 0.4) is 0 Å². The molecular weight excluding hydrogens is 446 g/mol. The van der Waals surface area contributed by atoms with Crippen molar-refractivity contribution >= 4 is 34.4 Å². The van der Waals surface area contributed by atoms with Crippen molar-refractivity contribution in [2.24, 2.45) is 12.8 Å². The molecule has 1 aliphatic heterocycles. The maximum atomic E-state index is 13.2. The maximum absolute atomic E-state index is 13.2. The van der Waals surface area contributed by atoms with Crippen LogP contribution in [0.15, 0.2) is 42.5 Å². The van der Waals surface area contributed by atoms with E-state index in [1.54, 1.807) is 12.1 Å². The Labute approximate surface area is 203 Å². The fourth-order valence-corrected chi connectivity index (χ4v) is 4.42. The zero-order chi connectivity index (χ0) is 24.9. The molecule has 1 saturated heterocycles. The van der Waals surface area contributed by atoms with Gasteiger partial charge in [0.1, 0.15) is 11.7 Å². The van der Waals surface area contributed by atoms with E-state index < -0.39 is 11.9 Å². The summed E-state index contributed by atoms with van der Waals surface area (Å²) in [5.74, 6) is -0.543. The number of nitrogen functional groups attached to an aromatic ring is 1. The number of nitrogens with one attached hydrogen (secondary N) is 3. The number of likely N-dealkylation sites (tertiary alicyclic amines) is 1. The first-order chi connectivity index (χ1) is 16.8. The van der Waals surface area contributed by atoms with Gasteiger partial charge in [0.2, 0.25) is 5.91 Å². The summed E-state index contributed by atoms with van der Waals surface area (Å²) in [4.78, 5) is 30.9. The van der Waals surface area contributed by atoms with Crippen molar-refractivity contribution in [1.29, 1.82) is 5.41 Å². The normalized spacial score (nSPS) is 14.3. The van der Waals surface area contributed by atoms with E-state index in [9.17, 15) is 9.59 Å². The van der Waals surface area contributed by atoms with Crippen molar-refractivity contribution in [3.05, 3.63) is 59.4 Å². The van der Waals surface area contributed by atoms with Crippen LogP contribution in [0.5, 0.6) is 0 Å². The Morgan fingerprint density at radius 1 is 1.17 bits per heavy atom. The van der Waals surface area contributed by atoms with Gasteiger partial charge >= 0.3 is 5.97 Å². The molecule has 35 heavy (non-hydrogen) atoms. The predicted octanol–water partition coefficient (Wildman–Crippen LogP) is 1.85. The molecular formula is C25H31N7O3. The Morgan fingerprint density at radius 3 is 2.54 bits per heavy atom. The SMILES string of the molecule is Cn1c(CNc2ccc(C(=N)N)cc2)nc2cc(C(CNCC(=O)O)C(=O)N3CCCC3)ccc21. The minimum absolute atomic E-state index is 0.0200. The average Bonchev–Trinajstić information content (AvgIpc) is 3.48. The van der Waals surface area contributed by atoms with Crippen molar-refractivity contribution in [2.75, 3.05) is 31.5 Å². The molecule has 0 bridgehead atoms. The summed E-state index contributed by atoms with van der Waals surface area (Å²) in [7, 11) is 1.95. The van der Waals surface area contributed by atoms with Gasteiger partial charge in [0.15, 0.2) is 0 Å². The molecule has 1 unspecified atom stereocenters. The highest BCUT2D eigenvalue weighted by Crippen LogP contribution is 2.25. The highest BCUT2D eigenvalue weighted by molar-refractivity contribution is 5.95. The van der Waals surface area contributed by atoms with Crippen molar-refractivity contribution < 1.29 is 14.7 Å². The molecule has 0 radical (unpaired) electrons. The smallest absolute Gasteiger partial charge is 0.317 e. The van der Waals surface area contributed by atoms with Crippen molar-refractivity contribution in [3.63, 3.8) is 0 Å². The second-order valence-electron chi connectivity index (χ2n) is 8.79. The fourth-order valence-electron chi connectivity index (χ4n) is 4.42. The van der Waals surface area contributed by atoms with Crippen molar-refractivity contribution in [3.8, 4) is 0 Å². The van der Waals surface area contributed by atoms with Crippen LogP contribution in [0.4, 0.5) is 5.69 Å². The molecule has 0 spiro atoms. The number of aromatic nitrogens is 2. The highest BCUT2D eigenvalue weighted by atomic mass is 16.4. The van der Waals surface area contributed by atoms with Gasteiger partial charge in [0.25, 0.3) is 0 Å². The molecule has 184 valence electrons. The van der Waals surface area contributed by atoms with Crippen molar-refractivity contribution in [1.82, 2.24) is 19.8 Å². The Bertz CT molecular complexity index is 1230. The van der Waals surface area contributed by atoms with E-state index in [2.05, 4.69) is 10.6 Å². The van der Waals surface area contributed by atoms with Gasteiger partial charge in [0.05, 0.1) is 30.0 Å². The summed E-state index contributed by atoms with van der Waals surface area (Å²) in [6, 6.07) is 13.2. The van der Waals surface area contributed by atoms with Crippen LogP contribution in [0.25, 0.3) is 11.0 Å². The van der Waals surface area contributed by atoms with Crippen LogP contribution in [0, 0.1) is 5.41 Å². The quantitative estimate of drug-likeness (QED) is 0.221. The minimum atomic E-state index is -0.953. The number of amides is 1. The van der Waals surface area contributed by atoms with E-state index in [1.807, 2.05) is 46.8 Å². The molecule has 1 atom stereocenters. The molecule has 4 rings (SSSR count). The molecule has 1 fully saturated rings. The number of carbonyl (C=O) groups is 2. The first-order valence-electron chi connectivity index (χ1n) is 11.7. The van der Waals surface area contributed by atoms with E-state index in [1.165, 1.54) is 0 Å². The number of benzene rings is 2. The predicted molar refractivity (Wildman–Crippen MR) is 135 cm³/mol. The van der Waals surface area contributed by atoms with E-state index in [0.717, 1.165) is 54.0 Å². The lowest BCUT2D eigenvalue weighted by Crippen LogP contribution is -2.38. The lowest BCUT2D eigenvalue weighted by Gasteiger charge is -2.23. The van der Waals surface area contributed by atoms with Crippen LogP contribution < -0.4 is 16.4 Å². The first-order valence-corrected chi connectivity index (χ1v) is 11.7. The molecule has 2 heterocycles. The van der Waals surface area contributed by atoms with Crippen LogP contribution in [0.2, 0.25) is 0 Å². The molecule has 0 saturated carbocycles. The number of aryl methyl sites for hydroxylation is 1. The number of nitrogens with two attached hydrogens (primary N) is 1. The van der Waals surface area contributed by atoms with Crippen molar-refractivity contribution in [2.45, 2.75) is 25.3 Å². The molecule has 1 aliphatic rings. The Kier molecular flexibility index (Phi) is 7.31. The summed E-state index contributed by atoms with van der Waals surface area (Å²) in [6.45, 7) is 2.03. The minimum Gasteiger partial charge on any atom is -0.480 e. The topological polar surface area (TPSA) is 149 Å². The van der Waals surface area contributed by atoms with E-state index in [0.29, 0.717) is 12.1 Å². The van der Waals surface area contributed by atoms with E-state index in [4.69, 9.17) is 21.2 Å². The highest BCUT2D eigenvalue weighted by Gasteiger charge is 2.28. The number of aliphatic carboxylic acids is 1. The molecule has 1 amide bonds. The number of hydrogen-bond acceptors (Lipinski definition) is 6. The number of amidine groups is 1. The number of nitrogens with zero attached hydrogens (tertiary/aromatic N) is 3. The van der Waals surface area contributed by atoms with E-state index >= 15 is 0 Å². The van der Waals surface area contributed by atoms with Crippen LogP contribution in [-0.4, -0.2) is 63.4 Å². The van der Waals surface area contributed by atoms with Gasteiger partial charge in [-0.2, -0.15) is 0 Å². The number of carboxylic acids is 1. The molecule has 0 aliphatic carbocycles. The first kappa shape index (κ1) is 24.2. The summed E-state index contributed by atoms with van der Waals surface area (Å²) in [6.07, 6.45) is 1.99. The second-order valence-corrected chi connectivity index (χ2v) is 8.79. The summed E-state index contributed by atoms with van der Waals surface area (Å²) < 4.78 is 2.01. The fraction of sp³-hybridized carbons (Fsp3) is 0.360. The summed E-state index contributed by atoms with van der Waals surface area (Å²) in [5.41, 5.74) is 9.63. The Balaban J connectivity index is 1.54. The molecule has 3 aromatic rings. The van der Waals surface area contributed by atoms with Gasteiger partial charge in [-0.25, -0.2) is 4.98 Å². The van der Waals surface area contributed by atoms with Gasteiger partial charge in [0, 0.05) is 37.9 Å². The number of carbonyl (C=O) groups excluding carboxylic acids is 1. The second kappa shape index (κ2) is 10.6. The van der Waals surface area contributed by atoms with Gasteiger partial charge in [-0.15, -0.1) is 0 Å². The number of fused-ring (bicyclic) bond motifs is 1. The van der Waals surface area contributed by atoms with Crippen LogP contribution in [0.1, 0.15) is 35.7 Å². The third-order valence-corrected chi connectivity index (χ3v) is 6.39. The summed E-state index contributed by atoms with van der Waals surface area (Å²) >= 11 is 0. The lowest BCUT2D eigenvalue weighted by molar-refractivity contribution is -0.136. The largest absolute Gasteiger partial charge is 0.480 e. The summed E-state index contributed by atoms with van der Waals surface area (Å²) in [5, 5.41) is 22.7. The third-order valence-electron chi connectivity index (χ3n) is 6.39. The zero-order valence-corrected chi connectivity index (χ0v) is 19.8. The lowest BCUT2D eigenvalue weighted by atomic mass is 9.96. The average molecular weight is 478 g/mol. The van der Waals surface area contributed by atoms with E-state index in [-0.39, 0.29) is 24.8 Å². The molecule has 1 aromatic heterocycles. The van der Waals surface area contributed by atoms with Crippen LogP contribution >= 0.6 is 0 Å². The molecule has 2 aromatic carbocycles. The van der Waals surface area contributed by atoms with Crippen LogP contribution in [-0.2, 0) is 23.2 Å².